The number of nitrogens with one attached hydrogen (secondary N) is 3. The fraction of sp³-hybridized carbons (Fsp3) is 0.0244. The summed E-state index contributed by atoms with van der Waals surface area (Å²) in [6.07, 6.45) is 1.64. The SMILES string of the molecule is O=C(Nc1ccc(SC(C(=O)Nc2ccc(-c3nc4ccccc4o3)cc2)c2ccccc2)cc1)/C(=C/c1ccsc1)NC(=O)c1ccccc1. The Labute approximate surface area is 302 Å². The maximum atomic E-state index is 13.7. The van der Waals surface area contributed by atoms with Gasteiger partial charge >= 0.3 is 0 Å². The summed E-state index contributed by atoms with van der Waals surface area (Å²) >= 11 is 2.89. The molecule has 1 unspecified atom stereocenters. The molecule has 51 heavy (non-hydrogen) atoms. The second-order valence-corrected chi connectivity index (χ2v) is 13.3. The largest absolute Gasteiger partial charge is 0.436 e. The van der Waals surface area contributed by atoms with Crippen molar-refractivity contribution in [1.82, 2.24) is 10.3 Å². The molecule has 3 amide bonds. The molecule has 0 spiro atoms. The fourth-order valence-corrected chi connectivity index (χ4v) is 6.86. The highest BCUT2D eigenvalue weighted by Gasteiger charge is 2.23. The van der Waals surface area contributed by atoms with Crippen LogP contribution in [0.4, 0.5) is 11.4 Å². The Morgan fingerprint density at radius 2 is 1.39 bits per heavy atom. The normalized spacial score (nSPS) is 11.9. The Kier molecular flexibility index (Phi) is 10.1. The third-order valence-corrected chi connectivity index (χ3v) is 9.75. The van der Waals surface area contributed by atoms with Gasteiger partial charge in [-0.25, -0.2) is 4.98 Å². The summed E-state index contributed by atoms with van der Waals surface area (Å²) in [6.45, 7) is 0. The van der Waals surface area contributed by atoms with Crippen molar-refractivity contribution in [3.63, 3.8) is 0 Å². The van der Waals surface area contributed by atoms with Crippen molar-refractivity contribution >= 4 is 69.4 Å². The average molecular weight is 707 g/mol. The van der Waals surface area contributed by atoms with Crippen LogP contribution in [0.5, 0.6) is 0 Å². The number of thiophene rings is 1. The third-order valence-electron chi connectivity index (χ3n) is 7.78. The van der Waals surface area contributed by atoms with Crippen molar-refractivity contribution < 1.29 is 18.8 Å². The van der Waals surface area contributed by atoms with Crippen molar-refractivity contribution in [1.29, 1.82) is 0 Å². The summed E-state index contributed by atoms with van der Waals surface area (Å²) in [5.74, 6) is -0.522. The number of carbonyl (C=O) groups is 3. The average Bonchev–Trinajstić information content (AvgIpc) is 3.85. The first-order valence-corrected chi connectivity index (χ1v) is 17.8. The monoisotopic (exact) mass is 706 g/mol. The molecule has 7 rings (SSSR count). The number of fused-ring (bicyclic) bond motifs is 1. The summed E-state index contributed by atoms with van der Waals surface area (Å²) < 4.78 is 5.89. The number of amides is 3. The number of benzene rings is 5. The molecular weight excluding hydrogens is 677 g/mol. The molecule has 1 atom stereocenters. The lowest BCUT2D eigenvalue weighted by Gasteiger charge is -2.18. The summed E-state index contributed by atoms with van der Waals surface area (Å²) in [7, 11) is 0. The molecule has 250 valence electrons. The summed E-state index contributed by atoms with van der Waals surface area (Å²) in [5.41, 5.74) is 5.68. The third kappa shape index (κ3) is 8.33. The van der Waals surface area contributed by atoms with E-state index in [9.17, 15) is 14.4 Å². The van der Waals surface area contributed by atoms with Crippen LogP contribution >= 0.6 is 23.1 Å². The Morgan fingerprint density at radius 3 is 2.10 bits per heavy atom. The molecule has 2 heterocycles. The Morgan fingerprint density at radius 1 is 0.725 bits per heavy atom. The lowest BCUT2D eigenvalue weighted by molar-refractivity contribution is -0.116. The number of rotatable bonds is 11. The van der Waals surface area contributed by atoms with Crippen LogP contribution in [0.25, 0.3) is 28.6 Å². The highest BCUT2D eigenvalue weighted by Crippen LogP contribution is 2.37. The molecule has 8 nitrogen and oxygen atoms in total. The van der Waals surface area contributed by atoms with E-state index < -0.39 is 11.2 Å². The first kappa shape index (κ1) is 33.3. The summed E-state index contributed by atoms with van der Waals surface area (Å²) in [6, 6.07) is 42.4. The van der Waals surface area contributed by atoms with Gasteiger partial charge in [-0.1, -0.05) is 60.7 Å². The van der Waals surface area contributed by atoms with Crippen LogP contribution in [0.1, 0.15) is 26.7 Å². The molecule has 0 bridgehead atoms. The van der Waals surface area contributed by atoms with E-state index in [0.717, 1.165) is 27.1 Å². The van der Waals surface area contributed by atoms with Crippen molar-refractivity contribution in [3.05, 3.63) is 173 Å². The highest BCUT2D eigenvalue weighted by molar-refractivity contribution is 8.00. The van der Waals surface area contributed by atoms with E-state index in [4.69, 9.17) is 4.42 Å². The van der Waals surface area contributed by atoms with Crippen molar-refractivity contribution in [2.45, 2.75) is 10.1 Å². The van der Waals surface area contributed by atoms with E-state index in [-0.39, 0.29) is 17.5 Å². The number of nitrogens with zero attached hydrogens (tertiary/aromatic N) is 1. The van der Waals surface area contributed by atoms with E-state index in [1.54, 1.807) is 42.5 Å². The van der Waals surface area contributed by atoms with Crippen LogP contribution in [-0.2, 0) is 9.59 Å². The van der Waals surface area contributed by atoms with E-state index >= 15 is 0 Å². The van der Waals surface area contributed by atoms with Gasteiger partial charge in [0.15, 0.2) is 5.58 Å². The minimum absolute atomic E-state index is 0.114. The maximum Gasteiger partial charge on any atom is 0.272 e. The summed E-state index contributed by atoms with van der Waals surface area (Å²) in [5, 5.41) is 11.9. The Hall–Kier alpha value is -6.23. The number of oxazole rings is 1. The number of hydrogen-bond acceptors (Lipinski definition) is 7. The molecule has 2 aromatic heterocycles. The quantitative estimate of drug-likeness (QED) is 0.0913. The number of aromatic nitrogens is 1. The zero-order chi connectivity index (χ0) is 35.0. The molecule has 0 aliphatic carbocycles. The zero-order valence-electron chi connectivity index (χ0n) is 27.0. The zero-order valence-corrected chi connectivity index (χ0v) is 28.6. The standard InChI is InChI=1S/C41H30N4O4S2/c46-38(29-11-5-2-6-12-29)44-35(25-27-23-24-50-26-27)39(47)42-32-19-21-33(22-20-32)51-37(28-9-3-1-4-10-28)40(48)43-31-17-15-30(16-18-31)41-45-34-13-7-8-14-36(34)49-41/h1-26,37H,(H,42,47)(H,43,48)(H,44,46)/b35-25-. The topological polar surface area (TPSA) is 113 Å². The molecular formula is C41H30N4O4S2. The predicted octanol–water partition coefficient (Wildman–Crippen LogP) is 9.44. The second kappa shape index (κ2) is 15.5. The van der Waals surface area contributed by atoms with E-state index in [2.05, 4.69) is 20.9 Å². The molecule has 0 fully saturated rings. The van der Waals surface area contributed by atoms with Gasteiger partial charge in [0.25, 0.3) is 11.8 Å². The van der Waals surface area contributed by atoms with Gasteiger partial charge in [-0.05, 0) is 107 Å². The van der Waals surface area contributed by atoms with Gasteiger partial charge in [0.05, 0.1) is 0 Å². The van der Waals surface area contributed by atoms with Gasteiger partial charge in [0.1, 0.15) is 16.5 Å². The molecule has 0 radical (unpaired) electrons. The van der Waals surface area contributed by atoms with Crippen LogP contribution in [0.2, 0.25) is 0 Å². The fourth-order valence-electron chi connectivity index (χ4n) is 5.22. The van der Waals surface area contributed by atoms with Crippen LogP contribution in [0.15, 0.2) is 165 Å². The first-order chi connectivity index (χ1) is 25.0. The number of carbonyl (C=O) groups excluding carboxylic acids is 3. The van der Waals surface area contributed by atoms with Crippen molar-refractivity contribution in [2.75, 3.05) is 10.6 Å². The smallest absolute Gasteiger partial charge is 0.272 e. The number of thioether (sulfide) groups is 1. The van der Waals surface area contributed by atoms with Crippen LogP contribution in [-0.4, -0.2) is 22.7 Å². The summed E-state index contributed by atoms with van der Waals surface area (Å²) in [4.78, 5) is 45.4. The van der Waals surface area contributed by atoms with Gasteiger partial charge in [-0.2, -0.15) is 11.3 Å². The maximum absolute atomic E-state index is 13.7. The van der Waals surface area contributed by atoms with E-state index in [1.165, 1.54) is 23.1 Å². The highest BCUT2D eigenvalue weighted by atomic mass is 32.2. The molecule has 3 N–H and O–H groups in total. The van der Waals surface area contributed by atoms with Crippen molar-refractivity contribution in [3.8, 4) is 11.5 Å². The van der Waals surface area contributed by atoms with E-state index in [1.807, 2.05) is 114 Å². The van der Waals surface area contributed by atoms with E-state index in [0.29, 0.717) is 28.4 Å². The predicted molar refractivity (Wildman–Crippen MR) is 204 cm³/mol. The molecule has 7 aromatic rings. The van der Waals surface area contributed by atoms with Crippen molar-refractivity contribution in [2.24, 2.45) is 0 Å². The van der Waals surface area contributed by atoms with Gasteiger partial charge in [-0.3, -0.25) is 14.4 Å². The van der Waals surface area contributed by atoms with Gasteiger partial charge in [0, 0.05) is 27.4 Å². The molecule has 0 saturated heterocycles. The number of hydrogen-bond donors (Lipinski definition) is 3. The minimum Gasteiger partial charge on any atom is -0.436 e. The molecule has 0 aliphatic heterocycles. The Balaban J connectivity index is 1.04. The second-order valence-electron chi connectivity index (χ2n) is 11.4. The minimum atomic E-state index is -0.559. The molecule has 0 aliphatic rings. The van der Waals surface area contributed by atoms with Crippen LogP contribution in [0, 0.1) is 0 Å². The first-order valence-electron chi connectivity index (χ1n) is 16.0. The van der Waals surface area contributed by atoms with Gasteiger partial charge in [-0.15, -0.1) is 11.8 Å². The lowest BCUT2D eigenvalue weighted by atomic mass is 10.1. The van der Waals surface area contributed by atoms with Gasteiger partial charge in [0.2, 0.25) is 11.8 Å². The van der Waals surface area contributed by atoms with Gasteiger partial charge < -0.3 is 20.4 Å². The molecule has 10 heteroatoms. The number of anilines is 2. The molecule has 0 saturated carbocycles. The van der Waals surface area contributed by atoms with Crippen LogP contribution in [0.3, 0.4) is 0 Å². The Bertz CT molecular complexity index is 2270. The van der Waals surface area contributed by atoms with Crippen LogP contribution < -0.4 is 16.0 Å². The number of para-hydroxylation sites is 2. The lowest BCUT2D eigenvalue weighted by Crippen LogP contribution is -2.30. The molecule has 5 aromatic carbocycles.